The molecule has 0 atom stereocenters. The quantitative estimate of drug-likeness (QED) is 0.689. The van der Waals surface area contributed by atoms with Crippen molar-refractivity contribution in [2.45, 2.75) is 19.4 Å². The Hall–Kier alpha value is -0.646. The van der Waals surface area contributed by atoms with Gasteiger partial charge in [0.25, 0.3) is 0 Å². The van der Waals surface area contributed by atoms with Gasteiger partial charge in [-0.2, -0.15) is 0 Å². The Morgan fingerprint density at radius 2 is 1.29 bits per heavy atom. The largest absolute Gasteiger partial charge is 0.346 e. The van der Waals surface area contributed by atoms with E-state index in [2.05, 4.69) is 40.2 Å². The van der Waals surface area contributed by atoms with Gasteiger partial charge in [-0.1, -0.05) is 36.6 Å². The van der Waals surface area contributed by atoms with Gasteiger partial charge < -0.3 is 5.40 Å². The highest BCUT2D eigenvalue weighted by Gasteiger charge is 2.47. The molecule has 0 aromatic carbocycles. The van der Waals surface area contributed by atoms with Crippen LogP contribution in [-0.2, 0) is 0 Å². The van der Waals surface area contributed by atoms with Crippen molar-refractivity contribution in [2.24, 2.45) is 5.40 Å². The lowest BCUT2D eigenvalue weighted by atomic mass is 10.6. The van der Waals surface area contributed by atoms with Gasteiger partial charge in [0.15, 0.2) is 7.75 Å². The van der Waals surface area contributed by atoms with Gasteiger partial charge in [0.2, 0.25) is 0 Å². The van der Waals surface area contributed by atoms with Crippen LogP contribution in [0, 0.1) is 0 Å². The van der Waals surface area contributed by atoms with E-state index in [0.29, 0.717) is 5.54 Å². The van der Waals surface area contributed by atoms with Crippen LogP contribution in [0.4, 0.5) is 0 Å². The molecular formula is C11H21NSi2. The molecular weight excluding hydrogens is 202 g/mol. The fraction of sp³-hybridized carbons (Fsp3) is 0.273. The zero-order valence-corrected chi connectivity index (χ0v) is 11.3. The number of hydrogen-bond acceptors (Lipinski definition) is 1. The minimum atomic E-state index is -2.11. The van der Waals surface area contributed by atoms with E-state index >= 15 is 0 Å². The number of rotatable bonds is 6. The van der Waals surface area contributed by atoms with Gasteiger partial charge >= 0.3 is 0 Å². The highest BCUT2D eigenvalue weighted by Crippen LogP contribution is 2.30. The SMILES string of the molecule is C=C[Si](N)(C=C)[Si](C=C)(C=C)C(C)C. The van der Waals surface area contributed by atoms with Crippen molar-refractivity contribution in [1.29, 1.82) is 0 Å². The van der Waals surface area contributed by atoms with E-state index in [0.717, 1.165) is 0 Å². The van der Waals surface area contributed by atoms with Crippen molar-refractivity contribution in [3.05, 3.63) is 49.1 Å². The first-order valence-corrected chi connectivity index (χ1v) is 10.2. The van der Waals surface area contributed by atoms with Crippen LogP contribution in [0.2, 0.25) is 5.54 Å². The first-order chi connectivity index (χ1) is 6.44. The molecule has 0 amide bonds. The highest BCUT2D eigenvalue weighted by atomic mass is 29.3. The molecule has 78 valence electrons. The normalized spacial score (nSPS) is 12.3. The molecule has 0 heterocycles. The van der Waals surface area contributed by atoms with Gasteiger partial charge in [0, 0.05) is 0 Å². The second-order valence-corrected chi connectivity index (χ2v) is 15.6. The number of nitrogens with two attached hydrogens (primary N) is 1. The predicted octanol–water partition coefficient (Wildman–Crippen LogP) is 2.73. The molecule has 1 nitrogen and oxygen atoms in total. The van der Waals surface area contributed by atoms with Crippen LogP contribution < -0.4 is 5.40 Å². The van der Waals surface area contributed by atoms with E-state index < -0.39 is 15.3 Å². The Bertz CT molecular complexity index is 240. The average molecular weight is 223 g/mol. The lowest BCUT2D eigenvalue weighted by Gasteiger charge is -2.40. The van der Waals surface area contributed by atoms with Crippen molar-refractivity contribution >= 4 is 15.3 Å². The van der Waals surface area contributed by atoms with Crippen LogP contribution in [-0.4, -0.2) is 15.3 Å². The summed E-state index contributed by atoms with van der Waals surface area (Å²) >= 11 is 0. The lowest BCUT2D eigenvalue weighted by Crippen LogP contribution is -2.67. The maximum absolute atomic E-state index is 6.42. The molecule has 0 bridgehead atoms. The maximum Gasteiger partial charge on any atom is 0.169 e. The van der Waals surface area contributed by atoms with Crippen LogP contribution >= 0.6 is 0 Å². The van der Waals surface area contributed by atoms with Crippen molar-refractivity contribution in [2.75, 3.05) is 0 Å². The summed E-state index contributed by atoms with van der Waals surface area (Å²) in [7, 11) is -3.98. The zero-order chi connectivity index (χ0) is 11.4. The molecule has 0 saturated heterocycles. The van der Waals surface area contributed by atoms with Crippen LogP contribution in [0.15, 0.2) is 49.1 Å². The minimum absolute atomic E-state index is 0.491. The summed E-state index contributed by atoms with van der Waals surface area (Å²) in [5.41, 5.74) is 8.34. The topological polar surface area (TPSA) is 26.0 Å². The summed E-state index contributed by atoms with van der Waals surface area (Å²) in [6, 6.07) is 0. The Labute approximate surface area is 89.6 Å². The second-order valence-electron chi connectivity index (χ2n) is 3.84. The van der Waals surface area contributed by atoms with Gasteiger partial charge in [-0.3, -0.25) is 0 Å². The molecule has 0 aromatic rings. The molecule has 0 aliphatic carbocycles. The van der Waals surface area contributed by atoms with Crippen molar-refractivity contribution in [1.82, 2.24) is 0 Å². The smallest absolute Gasteiger partial charge is 0.169 e. The van der Waals surface area contributed by atoms with Crippen LogP contribution in [0.5, 0.6) is 0 Å². The summed E-state index contributed by atoms with van der Waals surface area (Å²) < 4.78 is 0. The third-order valence-electron chi connectivity index (χ3n) is 3.06. The van der Waals surface area contributed by atoms with E-state index in [1.165, 1.54) is 0 Å². The van der Waals surface area contributed by atoms with E-state index in [-0.39, 0.29) is 0 Å². The standard InChI is InChI=1S/C11H21NSi2/c1-7-13(8-2,11(5)6)14(12,9-3)10-4/h7-11H,1-4,12H2,5-6H3. The van der Waals surface area contributed by atoms with E-state index in [4.69, 9.17) is 5.40 Å². The molecule has 0 aliphatic heterocycles. The Morgan fingerprint density at radius 1 is 0.929 bits per heavy atom. The van der Waals surface area contributed by atoms with Gasteiger partial charge in [0.1, 0.15) is 7.59 Å². The molecule has 3 heteroatoms. The van der Waals surface area contributed by atoms with E-state index in [1.54, 1.807) is 0 Å². The highest BCUT2D eigenvalue weighted by molar-refractivity contribution is 7.49. The summed E-state index contributed by atoms with van der Waals surface area (Å²) in [5, 5.41) is 6.42. The molecule has 0 fully saturated rings. The molecule has 0 saturated carbocycles. The Balaban J connectivity index is 5.59. The summed E-state index contributed by atoms with van der Waals surface area (Å²) in [4.78, 5) is 0. The van der Waals surface area contributed by atoms with Gasteiger partial charge in [-0.25, -0.2) is 0 Å². The monoisotopic (exact) mass is 223 g/mol. The third kappa shape index (κ3) is 1.75. The molecule has 0 unspecified atom stereocenters. The summed E-state index contributed by atoms with van der Waals surface area (Å²) in [5.74, 6) is 0. The van der Waals surface area contributed by atoms with Gasteiger partial charge in [-0.15, -0.1) is 26.3 Å². The molecule has 0 spiro atoms. The third-order valence-corrected chi connectivity index (χ3v) is 17.9. The fourth-order valence-corrected chi connectivity index (χ4v) is 12.8. The van der Waals surface area contributed by atoms with Gasteiger partial charge in [-0.05, 0) is 5.54 Å². The first kappa shape index (κ1) is 13.4. The predicted molar refractivity (Wildman–Crippen MR) is 71.6 cm³/mol. The lowest BCUT2D eigenvalue weighted by molar-refractivity contribution is 1.04. The zero-order valence-electron chi connectivity index (χ0n) is 9.29. The number of hydrogen-bond donors (Lipinski definition) is 1. The summed E-state index contributed by atoms with van der Waals surface area (Å²) in [6.45, 7) is 19.9. The Kier molecular flexibility index (Phi) is 4.51. The molecule has 0 radical (unpaired) electrons. The maximum atomic E-state index is 6.42. The minimum Gasteiger partial charge on any atom is -0.346 e. The molecule has 2 N–H and O–H groups in total. The first-order valence-electron chi connectivity index (χ1n) is 4.77. The second kappa shape index (κ2) is 4.73. The van der Waals surface area contributed by atoms with E-state index in [9.17, 15) is 0 Å². The summed E-state index contributed by atoms with van der Waals surface area (Å²) in [6.07, 6.45) is 0. The molecule has 0 rings (SSSR count). The van der Waals surface area contributed by atoms with E-state index in [1.807, 2.05) is 22.8 Å². The van der Waals surface area contributed by atoms with Gasteiger partial charge in [0.05, 0.1) is 0 Å². The van der Waals surface area contributed by atoms with Crippen molar-refractivity contribution < 1.29 is 0 Å². The molecule has 0 aromatic heterocycles. The average Bonchev–Trinajstić information content (AvgIpc) is 2.19. The van der Waals surface area contributed by atoms with Crippen LogP contribution in [0.1, 0.15) is 13.8 Å². The van der Waals surface area contributed by atoms with Crippen LogP contribution in [0.25, 0.3) is 0 Å². The van der Waals surface area contributed by atoms with Crippen molar-refractivity contribution in [3.63, 3.8) is 0 Å². The fourth-order valence-electron chi connectivity index (χ4n) is 1.85. The van der Waals surface area contributed by atoms with Crippen molar-refractivity contribution in [3.8, 4) is 0 Å². The van der Waals surface area contributed by atoms with Crippen LogP contribution in [0.3, 0.4) is 0 Å². The molecule has 0 aliphatic rings. The Morgan fingerprint density at radius 3 is 1.36 bits per heavy atom. The molecule has 14 heavy (non-hydrogen) atoms.